The molecule has 0 aliphatic carbocycles. The molecular weight excluding hydrogens is 494 g/mol. The Morgan fingerprint density at radius 1 is 0.524 bits per heavy atom. The van der Waals surface area contributed by atoms with Crippen LogP contribution in [0.15, 0.2) is 73.9 Å². The minimum absolute atomic E-state index is 0. The second kappa shape index (κ2) is 47.3. The van der Waals surface area contributed by atoms with Gasteiger partial charge in [0.1, 0.15) is 0 Å². The van der Waals surface area contributed by atoms with Gasteiger partial charge in [0, 0.05) is 0 Å². The van der Waals surface area contributed by atoms with Crippen LogP contribution in [0.5, 0.6) is 0 Å². The van der Waals surface area contributed by atoms with Crippen molar-refractivity contribution in [1.82, 2.24) is 0 Å². The molecular formula is C40H72Li2. The third-order valence-corrected chi connectivity index (χ3v) is 7.35. The quantitative estimate of drug-likeness (QED) is 0.0478. The van der Waals surface area contributed by atoms with Crippen LogP contribution in [0.4, 0.5) is 0 Å². The zero-order valence-corrected chi connectivity index (χ0v) is 30.1. The molecule has 0 radical (unpaired) electrons. The zero-order valence-electron chi connectivity index (χ0n) is 30.1. The maximum absolute atomic E-state index is 3.88. The van der Waals surface area contributed by atoms with Crippen LogP contribution in [0.2, 0.25) is 0 Å². The van der Waals surface area contributed by atoms with Crippen molar-refractivity contribution >= 4 is 0 Å². The molecule has 3 atom stereocenters. The molecule has 0 aromatic heterocycles. The van der Waals surface area contributed by atoms with Gasteiger partial charge in [0.15, 0.2) is 0 Å². The number of unbranched alkanes of at least 4 members (excludes halogenated alkanes) is 5. The number of hydrogen-bond donors (Lipinski definition) is 0. The van der Waals surface area contributed by atoms with Gasteiger partial charge in [-0.15, -0.1) is 19.6 Å². The summed E-state index contributed by atoms with van der Waals surface area (Å²) in [6.07, 6.45) is 44.5. The van der Waals surface area contributed by atoms with Gasteiger partial charge in [0.25, 0.3) is 0 Å². The molecule has 0 spiro atoms. The largest absolute Gasteiger partial charge is 1.00 e. The topological polar surface area (TPSA) is 0 Å². The van der Waals surface area contributed by atoms with E-state index in [1.165, 1.54) is 77.0 Å². The van der Waals surface area contributed by atoms with Crippen LogP contribution in [0, 0.1) is 31.6 Å². The molecule has 0 aromatic carbocycles. The van der Waals surface area contributed by atoms with E-state index >= 15 is 0 Å². The first-order valence-corrected chi connectivity index (χ1v) is 17.0. The Kier molecular flexibility index (Phi) is 57.4. The average molecular weight is 567 g/mol. The predicted octanol–water partition coefficient (Wildman–Crippen LogP) is 8.20. The van der Waals surface area contributed by atoms with Crippen molar-refractivity contribution in [2.45, 2.75) is 150 Å². The van der Waals surface area contributed by atoms with Gasteiger partial charge in [-0.3, -0.25) is 0 Å². The molecule has 0 saturated heterocycles. The summed E-state index contributed by atoms with van der Waals surface area (Å²) in [5, 5.41) is 0. The summed E-state index contributed by atoms with van der Waals surface area (Å²) in [6.45, 7) is 26.3. The monoisotopic (exact) mass is 567 g/mol. The fourth-order valence-electron chi connectivity index (χ4n) is 4.49. The number of rotatable bonds is 24. The molecule has 0 saturated carbocycles. The maximum atomic E-state index is 3.88. The van der Waals surface area contributed by atoms with Crippen LogP contribution in [-0.4, -0.2) is 0 Å². The Bertz CT molecular complexity index is 599. The minimum Gasteiger partial charge on any atom is -0.245 e. The summed E-state index contributed by atoms with van der Waals surface area (Å²) >= 11 is 0. The normalized spacial score (nSPS) is 13.0. The summed E-state index contributed by atoms with van der Waals surface area (Å²) < 4.78 is 0. The van der Waals surface area contributed by atoms with Gasteiger partial charge in [-0.1, -0.05) is 148 Å². The Balaban J connectivity index is -0.000000160. The molecule has 0 rings (SSSR count). The Morgan fingerprint density at radius 3 is 1.43 bits per heavy atom. The smallest absolute Gasteiger partial charge is 0.245 e. The van der Waals surface area contributed by atoms with E-state index in [1.54, 1.807) is 0 Å². The van der Waals surface area contributed by atoms with Crippen molar-refractivity contribution in [1.29, 1.82) is 0 Å². The van der Waals surface area contributed by atoms with Gasteiger partial charge in [0.2, 0.25) is 0 Å². The molecule has 0 bridgehead atoms. The van der Waals surface area contributed by atoms with Gasteiger partial charge in [0.05, 0.1) is 0 Å². The van der Waals surface area contributed by atoms with E-state index in [4.69, 9.17) is 0 Å². The summed E-state index contributed by atoms with van der Waals surface area (Å²) in [6, 6.07) is 0. The maximum Gasteiger partial charge on any atom is 1.00 e. The van der Waals surface area contributed by atoms with Crippen molar-refractivity contribution in [2.75, 3.05) is 0 Å². The van der Waals surface area contributed by atoms with Crippen molar-refractivity contribution in [3.8, 4) is 0 Å². The average Bonchev–Trinajstić information content (AvgIpc) is 2.98. The first kappa shape index (κ1) is 51.0. The molecule has 42 heavy (non-hydrogen) atoms. The van der Waals surface area contributed by atoms with Gasteiger partial charge < -0.3 is 0 Å². The predicted molar refractivity (Wildman–Crippen MR) is 190 cm³/mol. The van der Waals surface area contributed by atoms with E-state index < -0.39 is 0 Å². The first-order chi connectivity index (χ1) is 19.5. The van der Waals surface area contributed by atoms with E-state index in [9.17, 15) is 0 Å². The molecule has 0 fully saturated rings. The Hall–Kier alpha value is -0.625. The standard InChI is InChI=1S/C14H30.C14H24.C12H18.2Li/c2*1-4-7-9-11-13-14(6-3)12-10-8-5-2;1-4-7-9-11-12(6-3)10-8-5-2;;/h14H,4-13H2,1-3H3;6-10,14H,3-5,11-13H2,1-2H3;4-8,12H,1-3,9-11H2;;/q;;-2;2*+1/b;9-7+,10-8-;7-4+,8-5-;;. The third-order valence-electron chi connectivity index (χ3n) is 7.35. The molecule has 0 nitrogen and oxygen atoms in total. The molecule has 0 aromatic rings. The Morgan fingerprint density at radius 2 is 0.976 bits per heavy atom. The van der Waals surface area contributed by atoms with Crippen LogP contribution in [0.25, 0.3) is 0 Å². The van der Waals surface area contributed by atoms with Gasteiger partial charge in [-0.2, -0.15) is 0 Å². The summed E-state index contributed by atoms with van der Waals surface area (Å²) in [5.41, 5.74) is 0. The number of allylic oxidation sites excluding steroid dienone is 10. The van der Waals surface area contributed by atoms with Gasteiger partial charge in [-0.25, -0.2) is 38.2 Å². The van der Waals surface area contributed by atoms with Crippen LogP contribution >= 0.6 is 0 Å². The molecule has 2 heteroatoms. The minimum atomic E-state index is 0. The van der Waals surface area contributed by atoms with E-state index in [0.29, 0.717) is 11.8 Å². The van der Waals surface area contributed by atoms with Crippen molar-refractivity contribution < 1.29 is 37.7 Å². The van der Waals surface area contributed by atoms with Crippen LogP contribution in [-0.2, 0) is 0 Å². The van der Waals surface area contributed by atoms with Gasteiger partial charge in [-0.05, 0) is 49.9 Å². The summed E-state index contributed by atoms with van der Waals surface area (Å²) in [7, 11) is 0. The summed E-state index contributed by atoms with van der Waals surface area (Å²) in [4.78, 5) is 0. The van der Waals surface area contributed by atoms with E-state index in [1.807, 2.05) is 18.2 Å². The summed E-state index contributed by atoms with van der Waals surface area (Å²) in [5.74, 6) is 2.26. The van der Waals surface area contributed by atoms with Crippen LogP contribution < -0.4 is 37.7 Å². The van der Waals surface area contributed by atoms with Crippen LogP contribution in [0.1, 0.15) is 150 Å². The molecule has 0 aliphatic rings. The molecule has 3 unspecified atom stereocenters. The van der Waals surface area contributed by atoms with E-state index in [0.717, 1.165) is 44.4 Å². The van der Waals surface area contributed by atoms with Crippen molar-refractivity contribution in [2.24, 2.45) is 17.8 Å². The van der Waals surface area contributed by atoms with E-state index in [-0.39, 0.29) is 37.7 Å². The molecule has 0 aliphatic heterocycles. The molecule has 0 N–H and O–H groups in total. The molecule has 0 heterocycles. The van der Waals surface area contributed by atoms with Crippen molar-refractivity contribution in [3.63, 3.8) is 0 Å². The fourth-order valence-corrected chi connectivity index (χ4v) is 4.49. The number of hydrogen-bond acceptors (Lipinski definition) is 0. The molecule has 234 valence electrons. The second-order valence-electron chi connectivity index (χ2n) is 10.9. The third kappa shape index (κ3) is 43.8. The second-order valence-corrected chi connectivity index (χ2v) is 10.9. The fraction of sp³-hybridized carbons (Fsp3) is 0.650. The first-order valence-electron chi connectivity index (χ1n) is 17.0. The SMILES string of the molecule is C=CC(C/C=C\CC)CC/C=C/CC.C=CC(C/C=C\[CH2-])CC/C=C/[CH2-].CCCCCCC(CC)CCCCC.[Li+].[Li+]. The zero-order chi connectivity index (χ0) is 30.5. The van der Waals surface area contributed by atoms with Crippen molar-refractivity contribution in [3.05, 3.63) is 87.8 Å². The molecule has 0 amide bonds. The van der Waals surface area contributed by atoms with E-state index in [2.05, 4.69) is 104 Å². The van der Waals surface area contributed by atoms with Gasteiger partial charge >= 0.3 is 37.7 Å². The van der Waals surface area contributed by atoms with Crippen LogP contribution in [0.3, 0.4) is 0 Å². The Labute approximate surface area is 291 Å².